The van der Waals surface area contributed by atoms with E-state index in [9.17, 15) is 4.79 Å². The van der Waals surface area contributed by atoms with Crippen molar-refractivity contribution >= 4 is 5.91 Å². The van der Waals surface area contributed by atoms with Gasteiger partial charge in [-0.3, -0.25) is 9.78 Å². The van der Waals surface area contributed by atoms with Crippen LogP contribution in [-0.2, 0) is 6.54 Å². The molecule has 30 heavy (non-hydrogen) atoms. The Balaban J connectivity index is 1.24. The highest BCUT2D eigenvalue weighted by molar-refractivity contribution is 5.94. The van der Waals surface area contributed by atoms with Crippen molar-refractivity contribution in [1.29, 1.82) is 0 Å². The molecule has 4 rings (SSSR count). The van der Waals surface area contributed by atoms with E-state index < -0.39 is 0 Å². The summed E-state index contributed by atoms with van der Waals surface area (Å²) in [6, 6.07) is 13.2. The Bertz CT molecular complexity index is 844. The molecule has 1 aliphatic carbocycles. The minimum Gasteiger partial charge on any atom is -0.490 e. The number of allylic oxidation sites excluding steroid dienone is 2. The number of hydrogen-bond donors (Lipinski definition) is 1. The Morgan fingerprint density at radius 1 is 1.10 bits per heavy atom. The first-order chi connectivity index (χ1) is 14.8. The number of ether oxygens (including phenoxy) is 1. The standard InChI is InChI=1S/C25H31N3O2/c29-25(27-18-22-10-4-5-14-26-22)21-9-6-11-24(17-21)30-23-12-15-28(16-13-23)19-20-7-2-1-3-8-20/h1-2,4-6,9-11,14,17,20,23H,3,7-8,12-13,15-16,18-19H2,(H,27,29)/t20-/m0/s1. The van der Waals surface area contributed by atoms with Gasteiger partial charge in [-0.1, -0.05) is 24.3 Å². The van der Waals surface area contributed by atoms with Gasteiger partial charge in [0, 0.05) is 31.4 Å². The molecule has 5 nitrogen and oxygen atoms in total. The molecule has 1 aromatic carbocycles. The largest absolute Gasteiger partial charge is 0.490 e. The zero-order valence-corrected chi connectivity index (χ0v) is 17.5. The van der Waals surface area contributed by atoms with Crippen LogP contribution in [0.15, 0.2) is 60.8 Å². The molecular weight excluding hydrogens is 374 g/mol. The molecule has 0 bridgehead atoms. The lowest BCUT2D eigenvalue weighted by atomic mass is 9.93. The van der Waals surface area contributed by atoms with E-state index in [-0.39, 0.29) is 12.0 Å². The third kappa shape index (κ3) is 5.92. The summed E-state index contributed by atoms with van der Waals surface area (Å²) in [5.74, 6) is 1.48. The normalized spacial score (nSPS) is 20.1. The molecule has 5 heteroatoms. The summed E-state index contributed by atoms with van der Waals surface area (Å²) in [6.45, 7) is 3.81. The van der Waals surface area contributed by atoms with Crippen molar-refractivity contribution in [2.24, 2.45) is 5.92 Å². The highest BCUT2D eigenvalue weighted by atomic mass is 16.5. The van der Waals surface area contributed by atoms with Gasteiger partial charge in [0.25, 0.3) is 5.91 Å². The van der Waals surface area contributed by atoms with Crippen LogP contribution >= 0.6 is 0 Å². The van der Waals surface area contributed by atoms with E-state index in [1.54, 1.807) is 6.20 Å². The number of nitrogens with zero attached hydrogens (tertiary/aromatic N) is 2. The van der Waals surface area contributed by atoms with Crippen LogP contribution < -0.4 is 10.1 Å². The number of pyridine rings is 1. The maximum atomic E-state index is 12.5. The molecular formula is C25H31N3O2. The lowest BCUT2D eigenvalue weighted by Crippen LogP contribution is -2.40. The van der Waals surface area contributed by atoms with Crippen molar-refractivity contribution < 1.29 is 9.53 Å². The Kier molecular flexibility index (Phi) is 7.14. The number of carbonyl (C=O) groups is 1. The Labute approximate surface area is 179 Å². The second kappa shape index (κ2) is 10.4. The van der Waals surface area contributed by atoms with Gasteiger partial charge in [0.2, 0.25) is 0 Å². The predicted molar refractivity (Wildman–Crippen MR) is 118 cm³/mol. The van der Waals surface area contributed by atoms with Crippen LogP contribution in [0, 0.1) is 5.92 Å². The number of carbonyl (C=O) groups excluding carboxylic acids is 1. The number of nitrogens with one attached hydrogen (secondary N) is 1. The molecule has 1 aliphatic heterocycles. The van der Waals surface area contributed by atoms with Crippen molar-refractivity contribution in [3.63, 3.8) is 0 Å². The minimum atomic E-state index is -0.109. The van der Waals surface area contributed by atoms with Gasteiger partial charge >= 0.3 is 0 Å². The van der Waals surface area contributed by atoms with Crippen LogP contribution in [0.2, 0.25) is 0 Å². The van der Waals surface area contributed by atoms with E-state index in [1.807, 2.05) is 42.5 Å². The molecule has 0 saturated carbocycles. The Hall–Kier alpha value is -2.66. The zero-order valence-electron chi connectivity index (χ0n) is 17.5. The summed E-state index contributed by atoms with van der Waals surface area (Å²) in [6.07, 6.45) is 12.5. The third-order valence-corrected chi connectivity index (χ3v) is 5.98. The number of likely N-dealkylation sites (tertiary alicyclic amines) is 1. The van der Waals surface area contributed by atoms with Crippen LogP contribution in [0.4, 0.5) is 0 Å². The Morgan fingerprint density at radius 3 is 2.77 bits per heavy atom. The number of aromatic nitrogens is 1. The maximum absolute atomic E-state index is 12.5. The fourth-order valence-electron chi connectivity index (χ4n) is 4.28. The summed E-state index contributed by atoms with van der Waals surface area (Å²) in [7, 11) is 0. The number of piperidine rings is 1. The fourth-order valence-corrected chi connectivity index (χ4v) is 4.28. The molecule has 1 amide bonds. The second-order valence-electron chi connectivity index (χ2n) is 8.30. The van der Waals surface area contributed by atoms with Crippen LogP contribution in [0.5, 0.6) is 5.75 Å². The molecule has 0 radical (unpaired) electrons. The first-order valence-corrected chi connectivity index (χ1v) is 11.1. The quantitative estimate of drug-likeness (QED) is 0.701. The van der Waals surface area contributed by atoms with E-state index in [2.05, 4.69) is 27.4 Å². The SMILES string of the molecule is O=C(NCc1ccccn1)c1cccc(OC2CCN(C[C@H]3CC=CCC3)CC2)c1. The second-order valence-corrected chi connectivity index (χ2v) is 8.30. The number of amides is 1. The maximum Gasteiger partial charge on any atom is 0.251 e. The van der Waals surface area contributed by atoms with Crippen LogP contribution in [0.25, 0.3) is 0 Å². The van der Waals surface area contributed by atoms with Gasteiger partial charge in [-0.25, -0.2) is 0 Å². The monoisotopic (exact) mass is 405 g/mol. The fraction of sp³-hybridized carbons (Fsp3) is 0.440. The van der Waals surface area contributed by atoms with Gasteiger partial charge in [0.1, 0.15) is 11.9 Å². The predicted octanol–water partition coefficient (Wildman–Crippen LogP) is 4.21. The molecule has 1 aromatic heterocycles. The van der Waals surface area contributed by atoms with Gasteiger partial charge in [-0.05, 0) is 68.4 Å². The van der Waals surface area contributed by atoms with Gasteiger partial charge in [-0.15, -0.1) is 0 Å². The number of hydrogen-bond acceptors (Lipinski definition) is 4. The molecule has 2 aromatic rings. The summed E-state index contributed by atoms with van der Waals surface area (Å²) < 4.78 is 6.22. The number of benzene rings is 1. The van der Waals surface area contributed by atoms with E-state index in [4.69, 9.17) is 4.74 Å². The van der Waals surface area contributed by atoms with Gasteiger partial charge in [0.15, 0.2) is 0 Å². The molecule has 1 fully saturated rings. The van der Waals surface area contributed by atoms with Crippen molar-refractivity contribution in [3.8, 4) is 5.75 Å². The van der Waals surface area contributed by atoms with Crippen LogP contribution in [0.3, 0.4) is 0 Å². The van der Waals surface area contributed by atoms with E-state index in [1.165, 1.54) is 25.8 Å². The van der Waals surface area contributed by atoms with Crippen molar-refractivity contribution in [2.75, 3.05) is 19.6 Å². The first-order valence-electron chi connectivity index (χ1n) is 11.1. The Morgan fingerprint density at radius 2 is 2.00 bits per heavy atom. The van der Waals surface area contributed by atoms with Crippen molar-refractivity contribution in [2.45, 2.75) is 44.8 Å². The summed E-state index contributed by atoms with van der Waals surface area (Å²) in [4.78, 5) is 19.3. The van der Waals surface area contributed by atoms with E-state index in [0.717, 1.165) is 43.3 Å². The zero-order chi connectivity index (χ0) is 20.6. The number of rotatable bonds is 7. The molecule has 1 atom stereocenters. The smallest absolute Gasteiger partial charge is 0.251 e. The molecule has 0 spiro atoms. The van der Waals surface area contributed by atoms with Crippen molar-refractivity contribution in [3.05, 3.63) is 72.1 Å². The van der Waals surface area contributed by atoms with Crippen LogP contribution in [-0.4, -0.2) is 41.5 Å². The highest BCUT2D eigenvalue weighted by Gasteiger charge is 2.23. The van der Waals surface area contributed by atoms with Gasteiger partial charge < -0.3 is 15.0 Å². The molecule has 1 N–H and O–H groups in total. The topological polar surface area (TPSA) is 54.5 Å². The van der Waals surface area contributed by atoms with E-state index in [0.29, 0.717) is 12.1 Å². The van der Waals surface area contributed by atoms with E-state index >= 15 is 0 Å². The summed E-state index contributed by atoms with van der Waals surface area (Å²) in [5.41, 5.74) is 1.46. The molecule has 2 aliphatic rings. The van der Waals surface area contributed by atoms with Crippen molar-refractivity contribution in [1.82, 2.24) is 15.2 Å². The third-order valence-electron chi connectivity index (χ3n) is 5.98. The summed E-state index contributed by atoms with van der Waals surface area (Å²) >= 11 is 0. The van der Waals surface area contributed by atoms with Crippen LogP contribution in [0.1, 0.15) is 48.2 Å². The molecule has 0 unspecified atom stereocenters. The van der Waals surface area contributed by atoms with Gasteiger partial charge in [-0.2, -0.15) is 0 Å². The first kappa shape index (κ1) is 20.6. The minimum absolute atomic E-state index is 0.109. The lowest BCUT2D eigenvalue weighted by Gasteiger charge is -2.34. The van der Waals surface area contributed by atoms with Gasteiger partial charge in [0.05, 0.1) is 12.2 Å². The highest BCUT2D eigenvalue weighted by Crippen LogP contribution is 2.24. The average molecular weight is 406 g/mol. The molecule has 158 valence electrons. The lowest BCUT2D eigenvalue weighted by molar-refractivity contribution is 0.0892. The molecule has 2 heterocycles. The summed E-state index contributed by atoms with van der Waals surface area (Å²) in [5, 5.41) is 2.92. The average Bonchev–Trinajstić information content (AvgIpc) is 2.80. The molecule has 1 saturated heterocycles.